The van der Waals surface area contributed by atoms with Gasteiger partial charge in [-0.1, -0.05) is 6.08 Å². The summed E-state index contributed by atoms with van der Waals surface area (Å²) in [5.74, 6) is 3.47. The Bertz CT molecular complexity index is 849. The molecule has 0 saturated heterocycles. The minimum Gasteiger partial charge on any atom is -0.497 e. The Balaban J connectivity index is 1.58. The minimum absolute atomic E-state index is 0.826. The third-order valence-corrected chi connectivity index (χ3v) is 4.47. The van der Waals surface area contributed by atoms with Crippen molar-refractivity contribution in [3.05, 3.63) is 60.6 Å². The van der Waals surface area contributed by atoms with Gasteiger partial charge in [-0.05, 0) is 73.7 Å². The van der Waals surface area contributed by atoms with E-state index in [1.807, 2.05) is 36.4 Å². The summed E-state index contributed by atoms with van der Waals surface area (Å²) in [6.07, 6.45) is 8.83. The van der Waals surface area contributed by atoms with Crippen LogP contribution in [0, 0.1) is 0 Å². The summed E-state index contributed by atoms with van der Waals surface area (Å²) < 4.78 is 17.0. The molecule has 0 amide bonds. The zero-order chi connectivity index (χ0) is 16.4. The maximum absolute atomic E-state index is 6.01. The van der Waals surface area contributed by atoms with Crippen molar-refractivity contribution in [2.24, 2.45) is 0 Å². The van der Waals surface area contributed by atoms with E-state index in [-0.39, 0.29) is 0 Å². The second kappa shape index (κ2) is 6.44. The Morgan fingerprint density at radius 2 is 1.67 bits per heavy atom. The van der Waals surface area contributed by atoms with E-state index in [2.05, 4.69) is 12.1 Å². The van der Waals surface area contributed by atoms with E-state index in [0.717, 1.165) is 47.0 Å². The van der Waals surface area contributed by atoms with Crippen LogP contribution < -0.4 is 4.74 Å². The Morgan fingerprint density at radius 1 is 0.875 bits per heavy atom. The van der Waals surface area contributed by atoms with Crippen LogP contribution >= 0.6 is 0 Å². The van der Waals surface area contributed by atoms with Gasteiger partial charge in [0, 0.05) is 5.56 Å². The van der Waals surface area contributed by atoms with Gasteiger partial charge < -0.3 is 13.6 Å². The molecule has 1 aliphatic carbocycles. The average molecular weight is 320 g/mol. The molecule has 0 atom stereocenters. The van der Waals surface area contributed by atoms with Gasteiger partial charge in [-0.25, -0.2) is 0 Å². The van der Waals surface area contributed by atoms with Crippen LogP contribution in [0.25, 0.3) is 28.2 Å². The maximum atomic E-state index is 6.01. The second-order valence-electron chi connectivity index (χ2n) is 6.07. The molecular weight excluding hydrogens is 300 g/mol. The van der Waals surface area contributed by atoms with Crippen molar-refractivity contribution in [3.63, 3.8) is 0 Å². The molecule has 1 aromatic carbocycles. The number of methoxy groups -OCH3 is 1. The molecule has 0 aliphatic heterocycles. The molecule has 0 saturated carbocycles. The Labute approximate surface area is 141 Å². The molecule has 3 nitrogen and oxygen atoms in total. The number of ether oxygens (including phenoxy) is 1. The summed E-state index contributed by atoms with van der Waals surface area (Å²) in [6.45, 7) is 0. The first-order valence-electron chi connectivity index (χ1n) is 8.36. The predicted molar refractivity (Wildman–Crippen MR) is 94.8 cm³/mol. The van der Waals surface area contributed by atoms with Crippen molar-refractivity contribution in [3.8, 4) is 28.4 Å². The fourth-order valence-electron chi connectivity index (χ4n) is 3.10. The van der Waals surface area contributed by atoms with Crippen molar-refractivity contribution >= 4 is 5.57 Å². The molecule has 1 aliphatic rings. The first-order valence-corrected chi connectivity index (χ1v) is 8.36. The molecule has 24 heavy (non-hydrogen) atoms. The molecular formula is C21H20O3. The van der Waals surface area contributed by atoms with Crippen LogP contribution in [-0.2, 0) is 0 Å². The highest BCUT2D eigenvalue weighted by Gasteiger charge is 2.14. The average Bonchev–Trinajstić information content (AvgIpc) is 3.32. The molecule has 2 aromatic heterocycles. The number of hydrogen-bond acceptors (Lipinski definition) is 3. The second-order valence-corrected chi connectivity index (χ2v) is 6.07. The largest absolute Gasteiger partial charge is 0.497 e. The zero-order valence-electron chi connectivity index (χ0n) is 13.7. The van der Waals surface area contributed by atoms with E-state index in [1.165, 1.54) is 18.4 Å². The predicted octanol–water partition coefficient (Wildman–Crippen LogP) is 6.17. The highest BCUT2D eigenvalue weighted by atomic mass is 16.5. The van der Waals surface area contributed by atoms with Crippen LogP contribution in [0.15, 0.2) is 63.6 Å². The quantitative estimate of drug-likeness (QED) is 0.576. The molecule has 3 aromatic rings. The highest BCUT2D eigenvalue weighted by molar-refractivity contribution is 5.70. The van der Waals surface area contributed by atoms with Crippen molar-refractivity contribution in [1.82, 2.24) is 0 Å². The first-order chi connectivity index (χ1) is 11.8. The van der Waals surface area contributed by atoms with Crippen LogP contribution in [0.4, 0.5) is 0 Å². The van der Waals surface area contributed by atoms with Crippen molar-refractivity contribution in [2.75, 3.05) is 7.11 Å². The number of hydrogen-bond donors (Lipinski definition) is 0. The van der Waals surface area contributed by atoms with Gasteiger partial charge >= 0.3 is 0 Å². The third kappa shape index (κ3) is 2.90. The van der Waals surface area contributed by atoms with E-state index in [4.69, 9.17) is 13.6 Å². The molecule has 0 N–H and O–H groups in total. The fourth-order valence-corrected chi connectivity index (χ4v) is 3.10. The Hall–Kier alpha value is -2.68. The molecule has 0 fully saturated rings. The molecule has 0 spiro atoms. The van der Waals surface area contributed by atoms with E-state index < -0.39 is 0 Å². The summed E-state index contributed by atoms with van der Waals surface area (Å²) in [4.78, 5) is 0. The lowest BCUT2D eigenvalue weighted by Crippen LogP contribution is -1.89. The number of benzene rings is 1. The summed E-state index contributed by atoms with van der Waals surface area (Å²) in [6, 6.07) is 13.9. The van der Waals surface area contributed by atoms with Gasteiger partial charge in [-0.15, -0.1) is 0 Å². The van der Waals surface area contributed by atoms with Gasteiger partial charge in [0.15, 0.2) is 0 Å². The van der Waals surface area contributed by atoms with Crippen LogP contribution in [-0.4, -0.2) is 7.11 Å². The standard InChI is InChI=1S/C21H20O3/c1-22-18-9-7-16(8-10-18)19-11-12-20(24-19)17-13-21(23-14-17)15-5-3-2-4-6-15/h5,7-14H,2-4,6H2,1H3. The smallest absolute Gasteiger partial charge is 0.138 e. The van der Waals surface area contributed by atoms with Crippen LogP contribution in [0.2, 0.25) is 0 Å². The van der Waals surface area contributed by atoms with E-state index in [1.54, 1.807) is 13.4 Å². The number of rotatable bonds is 4. The van der Waals surface area contributed by atoms with Gasteiger partial charge in [0.2, 0.25) is 0 Å². The molecule has 122 valence electrons. The monoisotopic (exact) mass is 320 g/mol. The topological polar surface area (TPSA) is 35.5 Å². The van der Waals surface area contributed by atoms with Crippen LogP contribution in [0.3, 0.4) is 0 Å². The van der Waals surface area contributed by atoms with Crippen molar-refractivity contribution < 1.29 is 13.6 Å². The Morgan fingerprint density at radius 3 is 2.38 bits per heavy atom. The summed E-state index contributed by atoms with van der Waals surface area (Å²) in [5, 5.41) is 0. The zero-order valence-corrected chi connectivity index (χ0v) is 13.7. The van der Waals surface area contributed by atoms with Gasteiger partial charge in [-0.3, -0.25) is 0 Å². The molecule has 0 bridgehead atoms. The first kappa shape index (κ1) is 14.9. The lowest BCUT2D eigenvalue weighted by Gasteiger charge is -2.09. The van der Waals surface area contributed by atoms with Crippen LogP contribution in [0.5, 0.6) is 5.75 Å². The van der Waals surface area contributed by atoms with Gasteiger partial charge in [0.05, 0.1) is 12.7 Å². The third-order valence-electron chi connectivity index (χ3n) is 4.47. The maximum Gasteiger partial charge on any atom is 0.138 e. The van der Waals surface area contributed by atoms with Gasteiger partial charge in [-0.2, -0.15) is 0 Å². The number of allylic oxidation sites excluding steroid dienone is 2. The molecule has 3 heteroatoms. The van der Waals surface area contributed by atoms with Crippen molar-refractivity contribution in [2.45, 2.75) is 25.7 Å². The Kier molecular flexibility index (Phi) is 3.99. The van der Waals surface area contributed by atoms with E-state index in [0.29, 0.717) is 0 Å². The summed E-state index contributed by atoms with van der Waals surface area (Å²) in [7, 11) is 1.66. The lowest BCUT2D eigenvalue weighted by molar-refractivity contribution is 0.415. The van der Waals surface area contributed by atoms with E-state index >= 15 is 0 Å². The molecule has 0 unspecified atom stereocenters. The van der Waals surface area contributed by atoms with Crippen LogP contribution in [0.1, 0.15) is 31.4 Å². The molecule has 2 heterocycles. The van der Waals surface area contributed by atoms with Gasteiger partial charge in [0.25, 0.3) is 0 Å². The molecule has 4 rings (SSSR count). The summed E-state index contributed by atoms with van der Waals surface area (Å²) in [5.41, 5.74) is 3.33. The minimum atomic E-state index is 0.826. The number of furan rings is 2. The normalized spacial score (nSPS) is 14.5. The lowest BCUT2D eigenvalue weighted by atomic mass is 9.97. The summed E-state index contributed by atoms with van der Waals surface area (Å²) >= 11 is 0. The molecule has 0 radical (unpaired) electrons. The van der Waals surface area contributed by atoms with E-state index in [9.17, 15) is 0 Å². The van der Waals surface area contributed by atoms with Gasteiger partial charge in [0.1, 0.15) is 29.3 Å². The SMILES string of the molecule is COc1ccc(-c2ccc(-c3coc(C4=CCCCC4)c3)o2)cc1. The van der Waals surface area contributed by atoms with Crippen molar-refractivity contribution in [1.29, 1.82) is 0 Å². The highest BCUT2D eigenvalue weighted by Crippen LogP contribution is 2.34. The fraction of sp³-hybridized carbons (Fsp3) is 0.238.